The average molecular weight is 295 g/mol. The molecule has 2 atom stereocenters. The highest BCUT2D eigenvalue weighted by atomic mass is 16.4. The summed E-state index contributed by atoms with van der Waals surface area (Å²) in [5.41, 5.74) is 6.21. The molecule has 118 valence electrons. The fourth-order valence-corrected chi connectivity index (χ4v) is 2.55. The fourth-order valence-electron chi connectivity index (χ4n) is 2.55. The smallest absolute Gasteiger partial charge is 0.307 e. The van der Waals surface area contributed by atoms with E-state index >= 15 is 0 Å². The number of rotatable bonds is 9. The Morgan fingerprint density at radius 1 is 1.33 bits per heavy atom. The number of benzene rings is 1. The molecule has 0 spiro atoms. The highest BCUT2D eigenvalue weighted by Gasteiger charge is 2.20. The Kier molecular flexibility index (Phi) is 7.02. The highest BCUT2D eigenvalue weighted by molar-refractivity contribution is 5.70. The second-order valence-corrected chi connectivity index (χ2v) is 5.46. The van der Waals surface area contributed by atoms with Crippen LogP contribution in [0.15, 0.2) is 18.2 Å². The highest BCUT2D eigenvalue weighted by Crippen LogP contribution is 2.30. The van der Waals surface area contributed by atoms with E-state index in [1.807, 2.05) is 6.92 Å². The first-order valence-electron chi connectivity index (χ1n) is 7.42. The second-order valence-electron chi connectivity index (χ2n) is 5.46. The van der Waals surface area contributed by atoms with Crippen molar-refractivity contribution in [3.63, 3.8) is 0 Å². The van der Waals surface area contributed by atoms with Crippen LogP contribution in [0.5, 0.6) is 11.5 Å². The number of phenols is 2. The standard InChI is InChI=1S/C16H25NO4/c1-2-11(9-13(10-17)16(20)21)5-3-6-12-7-4-8-14(18)15(12)19/h4,7-8,11,13,18-19H,2-3,5-6,9-10,17H2,1H3,(H,20,21). The van der Waals surface area contributed by atoms with Gasteiger partial charge in [0.2, 0.25) is 0 Å². The monoisotopic (exact) mass is 295 g/mol. The molecule has 1 aromatic carbocycles. The Hall–Kier alpha value is -1.75. The van der Waals surface area contributed by atoms with Crippen LogP contribution < -0.4 is 5.73 Å². The van der Waals surface area contributed by atoms with E-state index in [1.165, 1.54) is 6.07 Å². The van der Waals surface area contributed by atoms with Gasteiger partial charge in [0.05, 0.1) is 5.92 Å². The predicted octanol–water partition coefficient (Wildman–Crippen LogP) is 2.50. The van der Waals surface area contributed by atoms with Gasteiger partial charge >= 0.3 is 5.97 Å². The number of para-hydroxylation sites is 1. The maximum absolute atomic E-state index is 11.0. The lowest BCUT2D eigenvalue weighted by Crippen LogP contribution is -2.25. The zero-order valence-electron chi connectivity index (χ0n) is 12.5. The first-order valence-corrected chi connectivity index (χ1v) is 7.42. The van der Waals surface area contributed by atoms with E-state index in [4.69, 9.17) is 10.8 Å². The number of aromatic hydroxyl groups is 2. The summed E-state index contributed by atoms with van der Waals surface area (Å²) in [4.78, 5) is 11.0. The van der Waals surface area contributed by atoms with Gasteiger partial charge in [-0.25, -0.2) is 0 Å². The van der Waals surface area contributed by atoms with Crippen molar-refractivity contribution in [1.29, 1.82) is 0 Å². The van der Waals surface area contributed by atoms with Crippen molar-refractivity contribution < 1.29 is 20.1 Å². The molecule has 1 rings (SSSR count). The van der Waals surface area contributed by atoms with E-state index < -0.39 is 11.9 Å². The number of hydrogen-bond acceptors (Lipinski definition) is 4. The molecule has 5 nitrogen and oxygen atoms in total. The van der Waals surface area contributed by atoms with Crippen molar-refractivity contribution in [2.45, 2.75) is 39.0 Å². The topological polar surface area (TPSA) is 104 Å². The number of carbonyl (C=O) groups is 1. The molecule has 0 aromatic heterocycles. The van der Waals surface area contributed by atoms with Crippen molar-refractivity contribution in [1.82, 2.24) is 0 Å². The number of aryl methyl sites for hydroxylation is 1. The van der Waals surface area contributed by atoms with Gasteiger partial charge in [-0.05, 0) is 36.8 Å². The number of hydrogen-bond donors (Lipinski definition) is 4. The summed E-state index contributed by atoms with van der Waals surface area (Å²) in [5.74, 6) is -1.16. The quantitative estimate of drug-likeness (QED) is 0.524. The molecule has 0 heterocycles. The van der Waals surface area contributed by atoms with Gasteiger partial charge in [-0.1, -0.05) is 31.9 Å². The van der Waals surface area contributed by atoms with E-state index in [2.05, 4.69) is 0 Å². The van der Waals surface area contributed by atoms with Crippen LogP contribution in [0.2, 0.25) is 0 Å². The molecule has 0 aliphatic carbocycles. The molecule has 0 fully saturated rings. The molecule has 0 bridgehead atoms. The van der Waals surface area contributed by atoms with Crippen LogP contribution in [0.25, 0.3) is 0 Å². The molecule has 0 aliphatic rings. The number of carboxylic acid groups (broad SMARTS) is 1. The number of aliphatic carboxylic acids is 1. The summed E-state index contributed by atoms with van der Waals surface area (Å²) in [5, 5.41) is 28.2. The van der Waals surface area contributed by atoms with E-state index in [0.29, 0.717) is 18.8 Å². The molecular formula is C16H25NO4. The molecule has 1 aromatic rings. The van der Waals surface area contributed by atoms with Gasteiger partial charge in [0.1, 0.15) is 0 Å². The molecule has 2 unspecified atom stereocenters. The lowest BCUT2D eigenvalue weighted by Gasteiger charge is -2.18. The summed E-state index contributed by atoms with van der Waals surface area (Å²) in [6, 6.07) is 4.94. The van der Waals surface area contributed by atoms with Crippen molar-refractivity contribution in [2.24, 2.45) is 17.6 Å². The van der Waals surface area contributed by atoms with Gasteiger partial charge < -0.3 is 21.1 Å². The zero-order chi connectivity index (χ0) is 15.8. The number of carboxylic acids is 1. The first-order chi connectivity index (χ1) is 9.99. The SMILES string of the molecule is CCC(CCCc1cccc(O)c1O)CC(CN)C(=O)O. The molecule has 0 radical (unpaired) electrons. The lowest BCUT2D eigenvalue weighted by molar-refractivity contribution is -0.142. The molecular weight excluding hydrogens is 270 g/mol. The van der Waals surface area contributed by atoms with Crippen LogP contribution in [0.3, 0.4) is 0 Å². The Morgan fingerprint density at radius 2 is 2.05 bits per heavy atom. The Labute approximate surface area is 125 Å². The van der Waals surface area contributed by atoms with Crippen molar-refractivity contribution in [3.05, 3.63) is 23.8 Å². The van der Waals surface area contributed by atoms with Crippen LogP contribution in [-0.4, -0.2) is 27.8 Å². The van der Waals surface area contributed by atoms with Crippen LogP contribution >= 0.6 is 0 Å². The largest absolute Gasteiger partial charge is 0.504 e. The Bertz CT molecular complexity index is 462. The van der Waals surface area contributed by atoms with Gasteiger partial charge in [-0.3, -0.25) is 4.79 Å². The first kappa shape index (κ1) is 17.3. The van der Waals surface area contributed by atoms with E-state index in [0.717, 1.165) is 24.8 Å². The summed E-state index contributed by atoms with van der Waals surface area (Å²) < 4.78 is 0. The average Bonchev–Trinajstić information content (AvgIpc) is 2.46. The van der Waals surface area contributed by atoms with Crippen LogP contribution in [0.4, 0.5) is 0 Å². The normalized spacial score (nSPS) is 13.8. The second kappa shape index (κ2) is 8.52. The fraction of sp³-hybridized carbons (Fsp3) is 0.562. The van der Waals surface area contributed by atoms with E-state index in [9.17, 15) is 15.0 Å². The van der Waals surface area contributed by atoms with Crippen LogP contribution in [0, 0.1) is 11.8 Å². The van der Waals surface area contributed by atoms with Gasteiger partial charge in [-0.15, -0.1) is 0 Å². The van der Waals surface area contributed by atoms with Crippen molar-refractivity contribution >= 4 is 5.97 Å². The summed E-state index contributed by atoms with van der Waals surface area (Å²) in [7, 11) is 0. The molecule has 5 N–H and O–H groups in total. The Morgan fingerprint density at radius 3 is 2.62 bits per heavy atom. The van der Waals surface area contributed by atoms with Crippen molar-refractivity contribution in [3.8, 4) is 11.5 Å². The van der Waals surface area contributed by atoms with Crippen LogP contribution in [0.1, 0.15) is 38.2 Å². The minimum absolute atomic E-state index is 0.0593. The maximum Gasteiger partial charge on any atom is 0.307 e. The Balaban J connectivity index is 2.48. The third-order valence-electron chi connectivity index (χ3n) is 3.99. The minimum Gasteiger partial charge on any atom is -0.504 e. The third kappa shape index (κ3) is 5.27. The maximum atomic E-state index is 11.0. The minimum atomic E-state index is -0.832. The zero-order valence-corrected chi connectivity index (χ0v) is 12.5. The summed E-state index contributed by atoms with van der Waals surface area (Å²) >= 11 is 0. The molecule has 5 heteroatoms. The van der Waals surface area contributed by atoms with Crippen LogP contribution in [-0.2, 0) is 11.2 Å². The van der Waals surface area contributed by atoms with E-state index in [1.54, 1.807) is 12.1 Å². The van der Waals surface area contributed by atoms with Gasteiger partial charge in [0.15, 0.2) is 11.5 Å². The van der Waals surface area contributed by atoms with Gasteiger partial charge in [0, 0.05) is 6.54 Å². The van der Waals surface area contributed by atoms with Crippen molar-refractivity contribution in [2.75, 3.05) is 6.54 Å². The van der Waals surface area contributed by atoms with Gasteiger partial charge in [0.25, 0.3) is 0 Å². The van der Waals surface area contributed by atoms with E-state index in [-0.39, 0.29) is 18.0 Å². The van der Waals surface area contributed by atoms with Gasteiger partial charge in [-0.2, -0.15) is 0 Å². The summed E-state index contributed by atoms with van der Waals surface area (Å²) in [6.45, 7) is 2.21. The molecule has 0 aliphatic heterocycles. The third-order valence-corrected chi connectivity index (χ3v) is 3.99. The number of nitrogens with two attached hydrogens (primary N) is 1. The number of phenolic OH excluding ortho intramolecular Hbond substituents is 2. The summed E-state index contributed by atoms with van der Waals surface area (Å²) in [6.07, 6.45) is 3.89. The molecule has 0 saturated carbocycles. The molecule has 0 saturated heterocycles. The molecule has 21 heavy (non-hydrogen) atoms. The molecule has 0 amide bonds. The lowest BCUT2D eigenvalue weighted by atomic mass is 9.88. The predicted molar refractivity (Wildman–Crippen MR) is 81.3 cm³/mol.